The number of hydrogen-bond acceptors (Lipinski definition) is 3. The molecule has 0 unspecified atom stereocenters. The second-order valence-corrected chi connectivity index (χ2v) is 8.22. The number of likely N-dealkylation sites (tertiary alicyclic amines) is 1. The molecule has 4 rings (SSSR count). The molecule has 2 aromatic rings. The molecule has 0 radical (unpaired) electrons. The molecule has 2 aromatic carbocycles. The van der Waals surface area contributed by atoms with Crippen LogP contribution in [-0.2, 0) is 6.54 Å². The molecule has 1 heterocycles. The van der Waals surface area contributed by atoms with Crippen LogP contribution in [-0.4, -0.2) is 28.8 Å². The van der Waals surface area contributed by atoms with Gasteiger partial charge in [-0.15, -0.1) is 0 Å². The Morgan fingerprint density at radius 2 is 2.00 bits per heavy atom. The van der Waals surface area contributed by atoms with Crippen LogP contribution in [0.2, 0.25) is 0 Å². The van der Waals surface area contributed by atoms with E-state index in [1.54, 1.807) is 12.1 Å². The zero-order valence-electron chi connectivity index (χ0n) is 16.6. The third-order valence-electron chi connectivity index (χ3n) is 6.48. The predicted octanol–water partition coefficient (Wildman–Crippen LogP) is 5.09. The number of halogens is 1. The summed E-state index contributed by atoms with van der Waals surface area (Å²) < 4.78 is 19.7. The van der Waals surface area contributed by atoms with E-state index in [1.807, 2.05) is 25.1 Å². The minimum atomic E-state index is -0.610. The van der Waals surface area contributed by atoms with E-state index in [0.717, 1.165) is 55.5 Å². The van der Waals surface area contributed by atoms with Crippen LogP contribution in [0.1, 0.15) is 56.2 Å². The maximum Gasteiger partial charge on any atom is 0.124 e. The van der Waals surface area contributed by atoms with E-state index >= 15 is 0 Å². The van der Waals surface area contributed by atoms with E-state index in [-0.39, 0.29) is 17.8 Å². The van der Waals surface area contributed by atoms with Gasteiger partial charge in [0.25, 0.3) is 0 Å². The fraction of sp³-hybridized carbons (Fsp3) is 0.500. The monoisotopic (exact) mass is 383 g/mol. The van der Waals surface area contributed by atoms with Crippen LogP contribution >= 0.6 is 0 Å². The Balaban J connectivity index is 1.72. The quantitative estimate of drug-likeness (QED) is 0.780. The molecule has 150 valence electrons. The number of rotatable bonds is 5. The lowest BCUT2D eigenvalue weighted by Crippen LogP contribution is -2.54. The summed E-state index contributed by atoms with van der Waals surface area (Å²) in [5.74, 6) is 0.870. The Morgan fingerprint density at radius 3 is 2.82 bits per heavy atom. The molecule has 2 fully saturated rings. The summed E-state index contributed by atoms with van der Waals surface area (Å²) >= 11 is 0. The Labute approximate surface area is 167 Å². The second kappa shape index (κ2) is 8.22. The van der Waals surface area contributed by atoms with Crippen molar-refractivity contribution in [3.63, 3.8) is 0 Å². The van der Waals surface area contributed by atoms with Gasteiger partial charge < -0.3 is 9.84 Å². The first-order chi connectivity index (χ1) is 13.6. The van der Waals surface area contributed by atoms with Crippen LogP contribution in [0.15, 0.2) is 48.5 Å². The lowest BCUT2D eigenvalue weighted by molar-refractivity contribution is -0.126. The standard InChI is InChI=1S/C24H30FNO2/c1-2-28-22-12-4-3-10-20(22)23-21-11-5-6-13-24(21,27)14-15-26(23)17-18-8-7-9-19(25)16-18/h3-4,7-10,12,16,21,23,27H,2,5-6,11,13-15,17H2,1H3/t21-,23+,24-/m0/s1. The molecule has 4 heteroatoms. The van der Waals surface area contributed by atoms with Crippen molar-refractivity contribution in [2.24, 2.45) is 5.92 Å². The molecule has 28 heavy (non-hydrogen) atoms. The Morgan fingerprint density at radius 1 is 1.14 bits per heavy atom. The van der Waals surface area contributed by atoms with Gasteiger partial charge in [0.2, 0.25) is 0 Å². The Kier molecular flexibility index (Phi) is 5.70. The number of piperidine rings is 1. The van der Waals surface area contributed by atoms with Gasteiger partial charge >= 0.3 is 0 Å². The van der Waals surface area contributed by atoms with E-state index in [0.29, 0.717) is 13.2 Å². The smallest absolute Gasteiger partial charge is 0.124 e. The van der Waals surface area contributed by atoms with Gasteiger partial charge in [0.05, 0.1) is 12.2 Å². The molecular formula is C24H30FNO2. The Bertz CT molecular complexity index is 811. The maximum absolute atomic E-state index is 13.8. The molecule has 1 aliphatic carbocycles. The zero-order chi connectivity index (χ0) is 19.6. The summed E-state index contributed by atoms with van der Waals surface area (Å²) in [6.07, 6.45) is 4.91. The number of hydrogen-bond donors (Lipinski definition) is 1. The minimum absolute atomic E-state index is 0.0741. The lowest BCUT2D eigenvalue weighted by Gasteiger charge is -2.53. The first-order valence-electron chi connectivity index (χ1n) is 10.5. The molecule has 0 spiro atoms. The minimum Gasteiger partial charge on any atom is -0.494 e. The van der Waals surface area contributed by atoms with Crippen molar-refractivity contribution in [1.82, 2.24) is 4.90 Å². The highest BCUT2D eigenvalue weighted by molar-refractivity contribution is 5.37. The summed E-state index contributed by atoms with van der Waals surface area (Å²) in [5, 5.41) is 11.4. The summed E-state index contributed by atoms with van der Waals surface area (Å²) in [6.45, 7) is 4.09. The van der Waals surface area contributed by atoms with E-state index in [4.69, 9.17) is 4.74 Å². The van der Waals surface area contributed by atoms with Gasteiger partial charge in [0, 0.05) is 30.6 Å². The van der Waals surface area contributed by atoms with Gasteiger partial charge in [0.15, 0.2) is 0 Å². The van der Waals surface area contributed by atoms with Crippen molar-refractivity contribution in [2.75, 3.05) is 13.2 Å². The van der Waals surface area contributed by atoms with E-state index < -0.39 is 5.60 Å². The van der Waals surface area contributed by atoms with Crippen molar-refractivity contribution in [2.45, 2.75) is 57.2 Å². The summed E-state index contributed by atoms with van der Waals surface area (Å²) in [7, 11) is 0. The van der Waals surface area contributed by atoms with Crippen molar-refractivity contribution in [1.29, 1.82) is 0 Å². The SMILES string of the molecule is CCOc1ccccc1[C@@H]1[C@@H]2CCCC[C@]2(O)CCN1Cc1cccc(F)c1. The van der Waals surface area contributed by atoms with Crippen LogP contribution in [0.25, 0.3) is 0 Å². The van der Waals surface area contributed by atoms with Crippen LogP contribution in [0.5, 0.6) is 5.75 Å². The third kappa shape index (κ3) is 3.81. The first kappa shape index (κ1) is 19.4. The van der Waals surface area contributed by atoms with E-state index in [2.05, 4.69) is 17.0 Å². The molecule has 0 bridgehead atoms. The summed E-state index contributed by atoms with van der Waals surface area (Å²) in [4.78, 5) is 2.41. The molecule has 2 aliphatic rings. The second-order valence-electron chi connectivity index (χ2n) is 8.22. The summed E-state index contributed by atoms with van der Waals surface area (Å²) in [6, 6.07) is 15.1. The first-order valence-corrected chi connectivity index (χ1v) is 10.5. The average Bonchev–Trinajstić information content (AvgIpc) is 2.69. The summed E-state index contributed by atoms with van der Waals surface area (Å²) in [5.41, 5.74) is 1.51. The maximum atomic E-state index is 13.8. The van der Waals surface area contributed by atoms with Gasteiger partial charge in [-0.3, -0.25) is 4.90 Å². The number of benzene rings is 2. The third-order valence-corrected chi connectivity index (χ3v) is 6.48. The van der Waals surface area contributed by atoms with E-state index in [1.165, 1.54) is 6.07 Å². The molecule has 0 amide bonds. The fourth-order valence-corrected chi connectivity index (χ4v) is 5.21. The molecular weight excluding hydrogens is 353 g/mol. The molecule has 0 aromatic heterocycles. The van der Waals surface area contributed by atoms with Gasteiger partial charge in [-0.2, -0.15) is 0 Å². The normalized spacial score (nSPS) is 28.0. The number of para-hydroxylation sites is 1. The number of aliphatic hydroxyl groups is 1. The zero-order valence-corrected chi connectivity index (χ0v) is 16.6. The van der Waals surface area contributed by atoms with Crippen molar-refractivity contribution in [3.8, 4) is 5.75 Å². The lowest BCUT2D eigenvalue weighted by atomic mass is 9.66. The van der Waals surface area contributed by atoms with Crippen LogP contribution in [0.3, 0.4) is 0 Å². The molecule has 3 atom stereocenters. The Hall–Kier alpha value is -1.91. The topological polar surface area (TPSA) is 32.7 Å². The van der Waals surface area contributed by atoms with E-state index in [9.17, 15) is 9.50 Å². The highest BCUT2D eigenvalue weighted by Gasteiger charge is 2.49. The fourth-order valence-electron chi connectivity index (χ4n) is 5.21. The van der Waals surface area contributed by atoms with Crippen LogP contribution in [0.4, 0.5) is 4.39 Å². The highest BCUT2D eigenvalue weighted by Crippen LogP contribution is 2.51. The van der Waals surface area contributed by atoms with Gasteiger partial charge in [-0.1, -0.05) is 43.2 Å². The van der Waals surface area contributed by atoms with Gasteiger partial charge in [0.1, 0.15) is 11.6 Å². The molecule has 3 nitrogen and oxygen atoms in total. The van der Waals surface area contributed by atoms with Crippen molar-refractivity contribution < 1.29 is 14.2 Å². The van der Waals surface area contributed by atoms with Crippen molar-refractivity contribution in [3.05, 3.63) is 65.5 Å². The molecule has 1 aliphatic heterocycles. The van der Waals surface area contributed by atoms with Crippen molar-refractivity contribution >= 4 is 0 Å². The number of ether oxygens (including phenoxy) is 1. The number of nitrogens with zero attached hydrogens (tertiary/aromatic N) is 1. The van der Waals surface area contributed by atoms with Crippen LogP contribution < -0.4 is 4.74 Å². The molecule has 1 N–H and O–H groups in total. The number of fused-ring (bicyclic) bond motifs is 1. The average molecular weight is 384 g/mol. The molecule has 1 saturated carbocycles. The van der Waals surface area contributed by atoms with Gasteiger partial charge in [-0.05, 0) is 49.9 Å². The largest absolute Gasteiger partial charge is 0.494 e. The highest BCUT2D eigenvalue weighted by atomic mass is 19.1. The predicted molar refractivity (Wildman–Crippen MR) is 109 cm³/mol. The van der Waals surface area contributed by atoms with Crippen LogP contribution in [0, 0.1) is 11.7 Å². The molecule has 1 saturated heterocycles. The van der Waals surface area contributed by atoms with Gasteiger partial charge in [-0.25, -0.2) is 4.39 Å².